The molecule has 0 radical (unpaired) electrons. The standard InChI is InChI=1S/C11H17N3/c1-3-6-12-10-7-8(2)11(14-13-10)9-4-5-9/h7,9H,3-6H2,1-2H3,(H,12,13). The quantitative estimate of drug-likeness (QED) is 0.794. The highest BCUT2D eigenvalue weighted by Gasteiger charge is 2.27. The monoisotopic (exact) mass is 191 g/mol. The Balaban J connectivity index is 2.09. The molecule has 0 unspecified atom stereocenters. The number of hydrogen-bond acceptors (Lipinski definition) is 3. The highest BCUT2D eigenvalue weighted by molar-refractivity contribution is 5.39. The third-order valence-corrected chi connectivity index (χ3v) is 2.54. The van der Waals surface area contributed by atoms with Crippen LogP contribution < -0.4 is 5.32 Å². The number of anilines is 1. The molecule has 3 nitrogen and oxygen atoms in total. The van der Waals surface area contributed by atoms with Gasteiger partial charge in [0.2, 0.25) is 0 Å². The summed E-state index contributed by atoms with van der Waals surface area (Å²) in [5.74, 6) is 1.61. The summed E-state index contributed by atoms with van der Waals surface area (Å²) >= 11 is 0. The average Bonchev–Trinajstić information content (AvgIpc) is 2.98. The van der Waals surface area contributed by atoms with Crippen molar-refractivity contribution in [2.24, 2.45) is 0 Å². The maximum atomic E-state index is 4.28. The second-order valence-corrected chi connectivity index (χ2v) is 4.00. The minimum Gasteiger partial charge on any atom is -0.369 e. The fourth-order valence-corrected chi connectivity index (χ4v) is 1.59. The molecule has 2 rings (SSSR count). The highest BCUT2D eigenvalue weighted by Crippen LogP contribution is 2.40. The summed E-state index contributed by atoms with van der Waals surface area (Å²) < 4.78 is 0. The van der Waals surface area contributed by atoms with Gasteiger partial charge in [-0.05, 0) is 37.8 Å². The van der Waals surface area contributed by atoms with Crippen molar-refractivity contribution >= 4 is 5.82 Å². The highest BCUT2D eigenvalue weighted by atomic mass is 15.2. The molecule has 0 saturated heterocycles. The number of nitrogens with one attached hydrogen (secondary N) is 1. The van der Waals surface area contributed by atoms with E-state index in [1.54, 1.807) is 0 Å². The smallest absolute Gasteiger partial charge is 0.148 e. The van der Waals surface area contributed by atoms with Gasteiger partial charge in [-0.3, -0.25) is 0 Å². The van der Waals surface area contributed by atoms with Crippen LogP contribution in [0.2, 0.25) is 0 Å². The lowest BCUT2D eigenvalue weighted by atomic mass is 10.1. The molecule has 0 atom stereocenters. The number of rotatable bonds is 4. The first kappa shape index (κ1) is 9.44. The topological polar surface area (TPSA) is 37.8 Å². The van der Waals surface area contributed by atoms with E-state index in [1.807, 2.05) is 0 Å². The van der Waals surface area contributed by atoms with Crippen LogP contribution in [0.3, 0.4) is 0 Å². The zero-order valence-corrected chi connectivity index (χ0v) is 8.88. The van der Waals surface area contributed by atoms with Crippen molar-refractivity contribution in [2.75, 3.05) is 11.9 Å². The molecule has 76 valence electrons. The Morgan fingerprint density at radius 3 is 2.79 bits per heavy atom. The Hall–Kier alpha value is -1.12. The van der Waals surface area contributed by atoms with Crippen molar-refractivity contribution < 1.29 is 0 Å². The maximum absolute atomic E-state index is 4.28. The fraction of sp³-hybridized carbons (Fsp3) is 0.636. The van der Waals surface area contributed by atoms with E-state index in [9.17, 15) is 0 Å². The van der Waals surface area contributed by atoms with Crippen LogP contribution in [-0.2, 0) is 0 Å². The van der Waals surface area contributed by atoms with Crippen molar-refractivity contribution in [3.05, 3.63) is 17.3 Å². The van der Waals surface area contributed by atoms with Crippen LogP contribution in [0, 0.1) is 6.92 Å². The molecule has 1 aliphatic rings. The molecule has 1 aromatic rings. The molecule has 1 N–H and O–H groups in total. The molecule has 14 heavy (non-hydrogen) atoms. The molecule has 3 heteroatoms. The van der Waals surface area contributed by atoms with Gasteiger partial charge in [0.25, 0.3) is 0 Å². The molecule has 0 spiro atoms. The zero-order valence-electron chi connectivity index (χ0n) is 8.88. The SMILES string of the molecule is CCCNc1cc(C)c(C2CC2)nn1. The molecule has 1 aromatic heterocycles. The van der Waals surface area contributed by atoms with Gasteiger partial charge in [-0.1, -0.05) is 6.92 Å². The van der Waals surface area contributed by atoms with Gasteiger partial charge >= 0.3 is 0 Å². The Morgan fingerprint density at radius 1 is 1.43 bits per heavy atom. The molecule has 0 amide bonds. The molecular weight excluding hydrogens is 174 g/mol. The van der Waals surface area contributed by atoms with E-state index in [0.717, 1.165) is 18.8 Å². The Kier molecular flexibility index (Phi) is 2.66. The Labute approximate surface area is 84.9 Å². The van der Waals surface area contributed by atoms with Gasteiger partial charge < -0.3 is 5.32 Å². The van der Waals surface area contributed by atoms with Gasteiger partial charge in [-0.15, -0.1) is 5.10 Å². The molecule has 0 aliphatic heterocycles. The Morgan fingerprint density at radius 2 is 2.21 bits per heavy atom. The lowest BCUT2D eigenvalue weighted by molar-refractivity contribution is 0.879. The predicted octanol–water partition coefficient (Wildman–Crippen LogP) is 2.48. The molecular formula is C11H17N3. The number of hydrogen-bond donors (Lipinski definition) is 1. The van der Waals surface area contributed by atoms with E-state index in [-0.39, 0.29) is 0 Å². The first-order valence-corrected chi connectivity index (χ1v) is 5.39. The second-order valence-electron chi connectivity index (χ2n) is 4.00. The van der Waals surface area contributed by atoms with Crippen LogP contribution in [-0.4, -0.2) is 16.7 Å². The fourth-order valence-electron chi connectivity index (χ4n) is 1.59. The minimum atomic E-state index is 0.697. The first-order valence-electron chi connectivity index (χ1n) is 5.39. The molecule has 0 bridgehead atoms. The third-order valence-electron chi connectivity index (χ3n) is 2.54. The molecule has 1 aliphatic carbocycles. The Bertz CT molecular complexity index is 318. The third kappa shape index (κ3) is 2.03. The predicted molar refractivity (Wildman–Crippen MR) is 57.5 cm³/mol. The van der Waals surface area contributed by atoms with Crippen molar-refractivity contribution in [3.63, 3.8) is 0 Å². The van der Waals surface area contributed by atoms with Crippen LogP contribution in [0.5, 0.6) is 0 Å². The van der Waals surface area contributed by atoms with Gasteiger partial charge in [-0.25, -0.2) is 0 Å². The summed E-state index contributed by atoms with van der Waals surface area (Å²) in [6.07, 6.45) is 3.69. The van der Waals surface area contributed by atoms with E-state index in [0.29, 0.717) is 5.92 Å². The summed E-state index contributed by atoms with van der Waals surface area (Å²) in [6, 6.07) is 2.11. The number of aromatic nitrogens is 2. The number of nitrogens with zero attached hydrogens (tertiary/aromatic N) is 2. The van der Waals surface area contributed by atoms with E-state index >= 15 is 0 Å². The number of aryl methyl sites for hydroxylation is 1. The zero-order chi connectivity index (χ0) is 9.97. The van der Waals surface area contributed by atoms with Gasteiger partial charge in [0, 0.05) is 12.5 Å². The lowest BCUT2D eigenvalue weighted by Gasteiger charge is -2.06. The normalized spacial score (nSPS) is 15.6. The van der Waals surface area contributed by atoms with Gasteiger partial charge in [0.1, 0.15) is 5.82 Å². The lowest BCUT2D eigenvalue weighted by Crippen LogP contribution is -2.05. The molecule has 1 fully saturated rings. The van der Waals surface area contributed by atoms with E-state index in [2.05, 4.69) is 35.4 Å². The summed E-state index contributed by atoms with van der Waals surface area (Å²) in [5, 5.41) is 11.7. The van der Waals surface area contributed by atoms with E-state index in [1.165, 1.54) is 24.1 Å². The van der Waals surface area contributed by atoms with Gasteiger partial charge in [0.05, 0.1) is 5.69 Å². The van der Waals surface area contributed by atoms with Crippen LogP contribution in [0.15, 0.2) is 6.07 Å². The summed E-state index contributed by atoms with van der Waals surface area (Å²) in [6.45, 7) is 5.24. The van der Waals surface area contributed by atoms with Crippen LogP contribution >= 0.6 is 0 Å². The van der Waals surface area contributed by atoms with Crippen molar-refractivity contribution in [2.45, 2.75) is 39.0 Å². The van der Waals surface area contributed by atoms with Crippen LogP contribution in [0.1, 0.15) is 43.4 Å². The van der Waals surface area contributed by atoms with Crippen LogP contribution in [0.4, 0.5) is 5.82 Å². The average molecular weight is 191 g/mol. The minimum absolute atomic E-state index is 0.697. The van der Waals surface area contributed by atoms with Crippen molar-refractivity contribution in [3.8, 4) is 0 Å². The molecule has 0 aromatic carbocycles. The summed E-state index contributed by atoms with van der Waals surface area (Å²) in [5.41, 5.74) is 2.48. The summed E-state index contributed by atoms with van der Waals surface area (Å²) in [7, 11) is 0. The van der Waals surface area contributed by atoms with Crippen molar-refractivity contribution in [1.29, 1.82) is 0 Å². The second kappa shape index (κ2) is 3.95. The maximum Gasteiger partial charge on any atom is 0.148 e. The van der Waals surface area contributed by atoms with Gasteiger partial charge in [0.15, 0.2) is 0 Å². The molecule has 1 heterocycles. The first-order chi connectivity index (χ1) is 6.81. The molecule has 1 saturated carbocycles. The van der Waals surface area contributed by atoms with E-state index < -0.39 is 0 Å². The van der Waals surface area contributed by atoms with Gasteiger partial charge in [-0.2, -0.15) is 5.10 Å². The van der Waals surface area contributed by atoms with E-state index in [4.69, 9.17) is 0 Å². The largest absolute Gasteiger partial charge is 0.369 e. The van der Waals surface area contributed by atoms with Crippen molar-refractivity contribution in [1.82, 2.24) is 10.2 Å². The van der Waals surface area contributed by atoms with Crippen LogP contribution in [0.25, 0.3) is 0 Å². The summed E-state index contributed by atoms with van der Waals surface area (Å²) in [4.78, 5) is 0.